The van der Waals surface area contributed by atoms with E-state index in [-0.39, 0.29) is 13.0 Å². The molecule has 1 amide bonds. The van der Waals surface area contributed by atoms with E-state index in [2.05, 4.69) is 77.7 Å². The van der Waals surface area contributed by atoms with Crippen molar-refractivity contribution in [2.24, 2.45) is 0 Å². The number of benzene rings is 2. The van der Waals surface area contributed by atoms with Gasteiger partial charge in [-0.2, -0.15) is 15.2 Å². The number of halogens is 1. The molecule has 44 heavy (non-hydrogen) atoms. The van der Waals surface area contributed by atoms with E-state index in [4.69, 9.17) is 19.4 Å². The molecule has 0 bridgehead atoms. The van der Waals surface area contributed by atoms with Crippen LogP contribution < -0.4 is 14.5 Å². The molecular formula is C33H38FN7O3. The highest BCUT2D eigenvalue weighted by Crippen LogP contribution is 2.36. The van der Waals surface area contributed by atoms with Crippen LogP contribution in [0.15, 0.2) is 48.8 Å². The molecule has 10 nitrogen and oxygen atoms in total. The lowest BCUT2D eigenvalue weighted by Gasteiger charge is -2.42. The third kappa shape index (κ3) is 5.92. The third-order valence-corrected chi connectivity index (χ3v) is 8.98. The van der Waals surface area contributed by atoms with Gasteiger partial charge in [0.15, 0.2) is 5.83 Å². The zero-order valence-electron chi connectivity index (χ0n) is 25.3. The van der Waals surface area contributed by atoms with E-state index in [0.717, 1.165) is 43.3 Å². The molecule has 1 aromatic heterocycles. The molecule has 3 aliphatic rings. The maximum absolute atomic E-state index is 13.8. The number of carbonyl (C=O) groups excluding carboxylic acids is 1. The van der Waals surface area contributed by atoms with Crippen molar-refractivity contribution in [3.8, 4) is 12.1 Å². The molecule has 1 atom stereocenters. The number of nitriles is 1. The van der Waals surface area contributed by atoms with Gasteiger partial charge >= 0.3 is 6.01 Å². The van der Waals surface area contributed by atoms with Crippen molar-refractivity contribution in [1.29, 1.82) is 5.26 Å². The number of rotatable bonds is 9. The van der Waals surface area contributed by atoms with Crippen molar-refractivity contribution in [2.45, 2.75) is 38.4 Å². The van der Waals surface area contributed by atoms with E-state index in [1.807, 2.05) is 0 Å². The summed E-state index contributed by atoms with van der Waals surface area (Å²) in [5.41, 5.74) is 4.34. The second-order valence-corrected chi connectivity index (χ2v) is 11.8. The third-order valence-electron chi connectivity index (χ3n) is 8.98. The fourth-order valence-corrected chi connectivity index (χ4v) is 6.38. The summed E-state index contributed by atoms with van der Waals surface area (Å²) in [5, 5.41) is 11.9. The van der Waals surface area contributed by atoms with Gasteiger partial charge in [0, 0.05) is 49.4 Å². The normalized spacial score (nSPS) is 18.6. The highest BCUT2D eigenvalue weighted by atomic mass is 19.1. The molecule has 230 valence electrons. The van der Waals surface area contributed by atoms with Crippen molar-refractivity contribution in [3.63, 3.8) is 0 Å². The van der Waals surface area contributed by atoms with Gasteiger partial charge < -0.3 is 24.2 Å². The van der Waals surface area contributed by atoms with Crippen LogP contribution in [0, 0.1) is 18.3 Å². The summed E-state index contributed by atoms with van der Waals surface area (Å²) in [4.78, 5) is 30.4. The standard InChI is InChI=1S/C33H38FN7O3/c1-22-6-4-7-24-8-5-9-29(30(22)24)39-13-11-27-28(19-39)36-33(44-17-16-38(3)26-20-43-21-26)37-31(27)40-14-15-41(32(42)23(2)34)25(18-40)10-12-35/h4-9,25-26H,2,10-11,13-21H2,1,3H3/t25-/m0/s1. The molecule has 0 N–H and O–H groups in total. The van der Waals surface area contributed by atoms with Crippen LogP contribution in [0.1, 0.15) is 23.2 Å². The Kier molecular flexibility index (Phi) is 8.64. The fraction of sp³-hybridized carbons (Fsp3) is 0.455. The lowest BCUT2D eigenvalue weighted by Crippen LogP contribution is -2.55. The number of carbonyl (C=O) groups is 1. The molecule has 6 rings (SSSR count). The Balaban J connectivity index is 1.30. The monoisotopic (exact) mass is 599 g/mol. The van der Waals surface area contributed by atoms with Gasteiger partial charge in [0.1, 0.15) is 12.4 Å². The maximum Gasteiger partial charge on any atom is 0.318 e. The van der Waals surface area contributed by atoms with Crippen LogP contribution in [0.2, 0.25) is 0 Å². The van der Waals surface area contributed by atoms with E-state index < -0.39 is 17.8 Å². The summed E-state index contributed by atoms with van der Waals surface area (Å²) >= 11 is 0. The fourth-order valence-electron chi connectivity index (χ4n) is 6.38. The molecule has 3 aliphatic heterocycles. The maximum atomic E-state index is 13.8. The first-order valence-electron chi connectivity index (χ1n) is 15.1. The Morgan fingerprint density at radius 3 is 2.70 bits per heavy atom. The molecular weight excluding hydrogens is 561 g/mol. The van der Waals surface area contributed by atoms with Crippen LogP contribution in [0.3, 0.4) is 0 Å². The molecule has 11 heteroatoms. The highest BCUT2D eigenvalue weighted by molar-refractivity contribution is 5.97. The Bertz CT molecular complexity index is 1600. The van der Waals surface area contributed by atoms with Crippen LogP contribution in [-0.2, 0) is 22.5 Å². The van der Waals surface area contributed by atoms with Crippen molar-refractivity contribution in [1.82, 2.24) is 19.8 Å². The second-order valence-electron chi connectivity index (χ2n) is 11.8. The number of hydrogen-bond donors (Lipinski definition) is 0. The molecule has 2 saturated heterocycles. The number of aromatic nitrogens is 2. The summed E-state index contributed by atoms with van der Waals surface area (Å²) in [7, 11) is 2.06. The Morgan fingerprint density at radius 2 is 1.98 bits per heavy atom. The molecule has 0 radical (unpaired) electrons. The molecule has 0 aliphatic carbocycles. The zero-order chi connectivity index (χ0) is 30.8. The number of likely N-dealkylation sites (N-methyl/N-ethyl adjacent to an activating group) is 1. The SMILES string of the molecule is C=C(F)C(=O)N1CCN(c2nc(OCCN(C)C3COC3)nc3c2CCN(c2cccc4cccc(C)c24)C3)C[C@@H]1CC#N. The quantitative estimate of drug-likeness (QED) is 0.342. The van der Waals surface area contributed by atoms with Crippen molar-refractivity contribution >= 4 is 28.2 Å². The Labute approximate surface area is 257 Å². The number of fused-ring (bicyclic) bond motifs is 2. The van der Waals surface area contributed by atoms with Gasteiger partial charge in [-0.3, -0.25) is 9.69 Å². The second kappa shape index (κ2) is 12.8. The van der Waals surface area contributed by atoms with E-state index in [1.54, 1.807) is 0 Å². The van der Waals surface area contributed by atoms with Gasteiger partial charge in [0.2, 0.25) is 0 Å². The smallest absolute Gasteiger partial charge is 0.318 e. The van der Waals surface area contributed by atoms with Gasteiger partial charge in [-0.15, -0.1) is 0 Å². The lowest BCUT2D eigenvalue weighted by molar-refractivity contribution is -0.131. The van der Waals surface area contributed by atoms with E-state index in [1.165, 1.54) is 26.9 Å². The first-order valence-corrected chi connectivity index (χ1v) is 15.1. The number of amides is 1. The first-order chi connectivity index (χ1) is 21.3. The van der Waals surface area contributed by atoms with Crippen LogP contribution in [0.5, 0.6) is 6.01 Å². The minimum Gasteiger partial charge on any atom is -0.462 e. The minimum atomic E-state index is -1.02. The average molecular weight is 600 g/mol. The van der Waals surface area contributed by atoms with Gasteiger partial charge in [-0.1, -0.05) is 36.9 Å². The molecule has 0 unspecified atom stereocenters. The van der Waals surface area contributed by atoms with Gasteiger partial charge in [-0.25, -0.2) is 4.39 Å². The summed E-state index contributed by atoms with van der Waals surface area (Å²) in [6.07, 6.45) is 0.804. The van der Waals surface area contributed by atoms with E-state index >= 15 is 0 Å². The predicted molar refractivity (Wildman–Crippen MR) is 166 cm³/mol. The van der Waals surface area contributed by atoms with Gasteiger partial charge in [0.25, 0.3) is 5.91 Å². The predicted octanol–water partition coefficient (Wildman–Crippen LogP) is 3.62. The van der Waals surface area contributed by atoms with Crippen molar-refractivity contribution in [3.05, 3.63) is 65.6 Å². The van der Waals surface area contributed by atoms with Gasteiger partial charge in [0.05, 0.1) is 50.0 Å². The van der Waals surface area contributed by atoms with Crippen LogP contribution in [-0.4, -0.2) is 97.4 Å². The van der Waals surface area contributed by atoms with Crippen LogP contribution in [0.4, 0.5) is 15.9 Å². The summed E-state index contributed by atoms with van der Waals surface area (Å²) in [6.45, 7) is 10.4. The number of ether oxygens (including phenoxy) is 2. The number of piperazine rings is 1. The Morgan fingerprint density at radius 1 is 1.18 bits per heavy atom. The number of hydrogen-bond acceptors (Lipinski definition) is 9. The molecule has 3 aromatic rings. The lowest BCUT2D eigenvalue weighted by atomic mass is 9.99. The summed E-state index contributed by atoms with van der Waals surface area (Å²) in [5.74, 6) is -1.02. The van der Waals surface area contributed by atoms with E-state index in [9.17, 15) is 14.4 Å². The topological polar surface area (TPSA) is 98.1 Å². The molecule has 0 spiro atoms. The highest BCUT2D eigenvalue weighted by Gasteiger charge is 2.35. The molecule has 2 fully saturated rings. The summed E-state index contributed by atoms with van der Waals surface area (Å²) < 4.78 is 25.3. The van der Waals surface area contributed by atoms with Crippen LogP contribution in [0.25, 0.3) is 10.8 Å². The molecule has 4 heterocycles. The number of aryl methyl sites for hydroxylation is 1. The van der Waals surface area contributed by atoms with Crippen molar-refractivity contribution in [2.75, 3.05) is 69.4 Å². The Hall–Kier alpha value is -4.27. The molecule has 0 saturated carbocycles. The summed E-state index contributed by atoms with van der Waals surface area (Å²) in [6, 6.07) is 15.1. The first kappa shape index (κ1) is 29.8. The zero-order valence-corrected chi connectivity index (χ0v) is 25.3. The molecule has 2 aromatic carbocycles. The number of anilines is 2. The average Bonchev–Trinajstić information content (AvgIpc) is 2.99. The van der Waals surface area contributed by atoms with Gasteiger partial charge in [-0.05, 0) is 37.4 Å². The van der Waals surface area contributed by atoms with E-state index in [0.29, 0.717) is 44.8 Å². The van der Waals surface area contributed by atoms with Crippen molar-refractivity contribution < 1.29 is 18.7 Å². The number of nitrogens with zero attached hydrogens (tertiary/aromatic N) is 7. The van der Waals surface area contributed by atoms with Crippen LogP contribution >= 0.6 is 0 Å². The largest absolute Gasteiger partial charge is 0.462 e. The minimum absolute atomic E-state index is 0.0809.